The smallest absolute Gasteiger partial charge is 0.273 e. The number of aryl methyl sites for hydroxylation is 1. The van der Waals surface area contributed by atoms with Gasteiger partial charge in [-0.05, 0) is 18.6 Å². The zero-order valence-electron chi connectivity index (χ0n) is 11.2. The lowest BCUT2D eigenvalue weighted by molar-refractivity contribution is 0.0945. The predicted molar refractivity (Wildman–Crippen MR) is 72.1 cm³/mol. The molecular formula is C13H16N6O. The Morgan fingerprint density at radius 3 is 3.10 bits per heavy atom. The first-order chi connectivity index (χ1) is 9.74. The molecule has 0 unspecified atom stereocenters. The molecule has 2 N–H and O–H groups in total. The minimum absolute atomic E-state index is 0.228. The first kappa shape index (κ1) is 12.7. The average Bonchev–Trinajstić information content (AvgIpc) is 2.85. The van der Waals surface area contributed by atoms with Crippen LogP contribution in [0.25, 0.3) is 0 Å². The van der Waals surface area contributed by atoms with E-state index >= 15 is 0 Å². The molecule has 1 aliphatic heterocycles. The molecule has 0 saturated carbocycles. The molecule has 7 heteroatoms. The zero-order valence-corrected chi connectivity index (χ0v) is 11.2. The van der Waals surface area contributed by atoms with Crippen LogP contribution < -0.4 is 10.6 Å². The predicted octanol–water partition coefficient (Wildman–Crippen LogP) is 0.0558. The molecule has 2 aromatic heterocycles. The van der Waals surface area contributed by atoms with E-state index in [2.05, 4.69) is 25.9 Å². The van der Waals surface area contributed by atoms with Gasteiger partial charge in [0.2, 0.25) is 0 Å². The standard InChI is InChI=1S/C13H16N6O/c1-9-3-2-4-15-11(9)7-16-13(20)12-8-19(18-17-12)10-5-14-6-10/h2-4,8,10,14H,5-7H2,1H3,(H,16,20). The molecule has 1 saturated heterocycles. The molecule has 0 bridgehead atoms. The SMILES string of the molecule is Cc1cccnc1CNC(=O)c1cn(C2CNC2)nn1. The van der Waals surface area contributed by atoms with Crippen LogP contribution in [-0.4, -0.2) is 39.0 Å². The number of amides is 1. The summed E-state index contributed by atoms with van der Waals surface area (Å²) in [4.78, 5) is 16.2. The summed E-state index contributed by atoms with van der Waals surface area (Å²) in [5.41, 5.74) is 2.25. The van der Waals surface area contributed by atoms with Crippen LogP contribution in [0.5, 0.6) is 0 Å². The Bertz CT molecular complexity index is 619. The summed E-state index contributed by atoms with van der Waals surface area (Å²) in [5.74, 6) is -0.228. The van der Waals surface area contributed by atoms with E-state index < -0.39 is 0 Å². The fourth-order valence-electron chi connectivity index (χ4n) is 1.98. The Morgan fingerprint density at radius 1 is 1.55 bits per heavy atom. The lowest BCUT2D eigenvalue weighted by atomic mass is 10.2. The number of aromatic nitrogens is 4. The number of nitrogens with one attached hydrogen (secondary N) is 2. The van der Waals surface area contributed by atoms with Crippen LogP contribution >= 0.6 is 0 Å². The van der Waals surface area contributed by atoms with E-state index in [4.69, 9.17) is 0 Å². The summed E-state index contributed by atoms with van der Waals surface area (Å²) in [7, 11) is 0. The highest BCUT2D eigenvalue weighted by molar-refractivity contribution is 5.91. The maximum absolute atomic E-state index is 12.0. The second-order valence-electron chi connectivity index (χ2n) is 4.85. The van der Waals surface area contributed by atoms with Crippen LogP contribution in [0.4, 0.5) is 0 Å². The Hall–Kier alpha value is -2.28. The molecule has 3 rings (SSSR count). The lowest BCUT2D eigenvalue weighted by Gasteiger charge is -2.26. The molecule has 2 aromatic rings. The van der Waals surface area contributed by atoms with Crippen molar-refractivity contribution in [1.82, 2.24) is 30.6 Å². The highest BCUT2D eigenvalue weighted by Crippen LogP contribution is 2.10. The van der Waals surface area contributed by atoms with Crippen molar-refractivity contribution in [2.75, 3.05) is 13.1 Å². The Balaban J connectivity index is 1.61. The van der Waals surface area contributed by atoms with E-state index in [0.717, 1.165) is 24.3 Å². The van der Waals surface area contributed by atoms with Gasteiger partial charge in [-0.25, -0.2) is 4.68 Å². The van der Waals surface area contributed by atoms with Crippen LogP contribution in [0.15, 0.2) is 24.5 Å². The molecule has 20 heavy (non-hydrogen) atoms. The van der Waals surface area contributed by atoms with Crippen molar-refractivity contribution in [2.24, 2.45) is 0 Å². The van der Waals surface area contributed by atoms with Gasteiger partial charge in [-0.2, -0.15) is 0 Å². The number of pyridine rings is 1. The molecule has 0 atom stereocenters. The fourth-order valence-corrected chi connectivity index (χ4v) is 1.98. The van der Waals surface area contributed by atoms with Crippen molar-refractivity contribution < 1.29 is 4.79 Å². The molecule has 1 fully saturated rings. The van der Waals surface area contributed by atoms with Gasteiger partial charge in [-0.15, -0.1) is 5.10 Å². The third-order valence-electron chi connectivity index (χ3n) is 3.41. The summed E-state index contributed by atoms with van der Waals surface area (Å²) in [6.45, 7) is 4.10. The number of hydrogen-bond acceptors (Lipinski definition) is 5. The van der Waals surface area contributed by atoms with Crippen molar-refractivity contribution in [3.05, 3.63) is 41.5 Å². The van der Waals surface area contributed by atoms with E-state index in [1.54, 1.807) is 17.1 Å². The number of carbonyl (C=O) groups is 1. The molecule has 104 valence electrons. The summed E-state index contributed by atoms with van der Waals surface area (Å²) < 4.78 is 1.73. The Kier molecular flexibility index (Phi) is 3.42. The maximum Gasteiger partial charge on any atom is 0.273 e. The zero-order chi connectivity index (χ0) is 13.9. The summed E-state index contributed by atoms with van der Waals surface area (Å²) >= 11 is 0. The quantitative estimate of drug-likeness (QED) is 0.822. The second kappa shape index (κ2) is 5.38. The van der Waals surface area contributed by atoms with E-state index in [1.807, 2.05) is 19.1 Å². The minimum Gasteiger partial charge on any atom is -0.345 e. The van der Waals surface area contributed by atoms with E-state index in [1.165, 1.54) is 0 Å². The second-order valence-corrected chi connectivity index (χ2v) is 4.85. The van der Waals surface area contributed by atoms with Crippen LogP contribution in [0.3, 0.4) is 0 Å². The van der Waals surface area contributed by atoms with Crippen LogP contribution in [0.2, 0.25) is 0 Å². The van der Waals surface area contributed by atoms with Crippen molar-refractivity contribution in [1.29, 1.82) is 0 Å². The highest BCUT2D eigenvalue weighted by atomic mass is 16.2. The Labute approximate surface area is 116 Å². The van der Waals surface area contributed by atoms with Crippen molar-refractivity contribution in [3.8, 4) is 0 Å². The van der Waals surface area contributed by atoms with Gasteiger partial charge in [0.25, 0.3) is 5.91 Å². The van der Waals surface area contributed by atoms with E-state index in [9.17, 15) is 4.79 Å². The average molecular weight is 272 g/mol. The molecular weight excluding hydrogens is 256 g/mol. The van der Waals surface area contributed by atoms with Crippen molar-refractivity contribution in [3.63, 3.8) is 0 Å². The van der Waals surface area contributed by atoms with Crippen molar-refractivity contribution >= 4 is 5.91 Å². The molecule has 0 aromatic carbocycles. The first-order valence-corrected chi connectivity index (χ1v) is 6.55. The summed E-state index contributed by atoms with van der Waals surface area (Å²) in [6.07, 6.45) is 3.40. The van der Waals surface area contributed by atoms with Crippen LogP contribution in [0.1, 0.15) is 27.8 Å². The van der Waals surface area contributed by atoms with Gasteiger partial charge in [0.05, 0.1) is 24.5 Å². The van der Waals surface area contributed by atoms with Gasteiger partial charge in [0.1, 0.15) is 0 Å². The van der Waals surface area contributed by atoms with E-state index in [-0.39, 0.29) is 5.91 Å². The normalized spacial score (nSPS) is 14.8. The lowest BCUT2D eigenvalue weighted by Crippen LogP contribution is -2.43. The van der Waals surface area contributed by atoms with Gasteiger partial charge >= 0.3 is 0 Å². The van der Waals surface area contributed by atoms with Gasteiger partial charge in [-0.3, -0.25) is 9.78 Å². The maximum atomic E-state index is 12.0. The number of rotatable bonds is 4. The third kappa shape index (κ3) is 2.53. The number of carbonyl (C=O) groups excluding carboxylic acids is 1. The largest absolute Gasteiger partial charge is 0.345 e. The minimum atomic E-state index is -0.228. The topological polar surface area (TPSA) is 84.7 Å². The molecule has 1 amide bonds. The molecule has 3 heterocycles. The molecule has 1 aliphatic rings. The van der Waals surface area contributed by atoms with Crippen LogP contribution in [0, 0.1) is 6.92 Å². The van der Waals surface area contributed by atoms with E-state index in [0.29, 0.717) is 18.3 Å². The number of hydrogen-bond donors (Lipinski definition) is 2. The summed E-state index contributed by atoms with van der Waals surface area (Å²) in [6, 6.07) is 4.15. The van der Waals surface area contributed by atoms with Gasteiger partial charge in [-0.1, -0.05) is 11.3 Å². The van der Waals surface area contributed by atoms with Crippen molar-refractivity contribution in [2.45, 2.75) is 19.5 Å². The van der Waals surface area contributed by atoms with Gasteiger partial charge in [0, 0.05) is 19.3 Å². The number of nitrogens with zero attached hydrogens (tertiary/aromatic N) is 4. The molecule has 0 spiro atoms. The fraction of sp³-hybridized carbons (Fsp3) is 0.385. The highest BCUT2D eigenvalue weighted by Gasteiger charge is 2.21. The van der Waals surface area contributed by atoms with Crippen LogP contribution in [-0.2, 0) is 6.54 Å². The third-order valence-corrected chi connectivity index (χ3v) is 3.41. The summed E-state index contributed by atoms with van der Waals surface area (Å²) in [5, 5.41) is 13.9. The monoisotopic (exact) mass is 272 g/mol. The van der Waals surface area contributed by atoms with Gasteiger partial charge in [0.15, 0.2) is 5.69 Å². The Morgan fingerprint density at radius 2 is 2.40 bits per heavy atom. The first-order valence-electron chi connectivity index (χ1n) is 6.55. The van der Waals surface area contributed by atoms with Gasteiger partial charge < -0.3 is 10.6 Å². The molecule has 7 nitrogen and oxygen atoms in total. The molecule has 0 aliphatic carbocycles. The molecule has 0 radical (unpaired) electrons.